The first-order chi connectivity index (χ1) is 7.83. The van der Waals surface area contributed by atoms with Crippen molar-refractivity contribution in [3.8, 4) is 0 Å². The summed E-state index contributed by atoms with van der Waals surface area (Å²) in [7, 11) is 0. The van der Waals surface area contributed by atoms with Gasteiger partial charge < -0.3 is 10.5 Å². The molecular weight excluding hydrogens is 200 g/mol. The Balaban J connectivity index is 1.59. The van der Waals surface area contributed by atoms with Crippen molar-refractivity contribution in [1.82, 2.24) is 5.32 Å². The standard InChI is InChI=1S/C13H24N2O/c14-10-5-3-4-9(8-10)13-15-11-6-1-2-7-12(11)16-13/h9-13,15H,1-8,14H2. The number of hydrogen-bond acceptors (Lipinski definition) is 3. The summed E-state index contributed by atoms with van der Waals surface area (Å²) in [6.07, 6.45) is 11.0. The van der Waals surface area contributed by atoms with Crippen LogP contribution in [0.2, 0.25) is 0 Å². The smallest absolute Gasteiger partial charge is 0.111 e. The largest absolute Gasteiger partial charge is 0.358 e. The summed E-state index contributed by atoms with van der Waals surface area (Å²) >= 11 is 0. The van der Waals surface area contributed by atoms with Crippen LogP contribution in [0.15, 0.2) is 0 Å². The van der Waals surface area contributed by atoms with Crippen LogP contribution in [-0.4, -0.2) is 24.4 Å². The number of ether oxygens (including phenoxy) is 1. The minimum atomic E-state index is 0.305. The number of hydrogen-bond donors (Lipinski definition) is 2. The highest BCUT2D eigenvalue weighted by atomic mass is 16.5. The molecule has 16 heavy (non-hydrogen) atoms. The third kappa shape index (κ3) is 2.13. The zero-order valence-corrected chi connectivity index (χ0v) is 10.0. The quantitative estimate of drug-likeness (QED) is 0.713. The molecule has 1 aliphatic heterocycles. The van der Waals surface area contributed by atoms with Crippen LogP contribution < -0.4 is 11.1 Å². The zero-order chi connectivity index (χ0) is 11.0. The second kappa shape index (κ2) is 4.63. The average Bonchev–Trinajstić information content (AvgIpc) is 2.72. The van der Waals surface area contributed by atoms with Crippen molar-refractivity contribution in [1.29, 1.82) is 0 Å². The Hall–Kier alpha value is -0.120. The first-order valence-corrected chi connectivity index (χ1v) is 7.00. The minimum Gasteiger partial charge on any atom is -0.358 e. The highest BCUT2D eigenvalue weighted by Crippen LogP contribution is 2.34. The summed E-state index contributed by atoms with van der Waals surface area (Å²) in [4.78, 5) is 0. The lowest BCUT2D eigenvalue weighted by atomic mass is 9.85. The number of nitrogens with two attached hydrogens (primary N) is 1. The van der Waals surface area contributed by atoms with Crippen molar-refractivity contribution in [2.75, 3.05) is 0 Å². The van der Waals surface area contributed by atoms with Gasteiger partial charge in [-0.2, -0.15) is 0 Å². The van der Waals surface area contributed by atoms with E-state index in [9.17, 15) is 0 Å². The second-order valence-corrected chi connectivity index (χ2v) is 5.84. The van der Waals surface area contributed by atoms with Gasteiger partial charge >= 0.3 is 0 Å². The van der Waals surface area contributed by atoms with Crippen LogP contribution >= 0.6 is 0 Å². The van der Waals surface area contributed by atoms with Crippen molar-refractivity contribution >= 4 is 0 Å². The zero-order valence-electron chi connectivity index (χ0n) is 10.0. The van der Waals surface area contributed by atoms with E-state index >= 15 is 0 Å². The molecule has 3 aliphatic rings. The molecule has 5 unspecified atom stereocenters. The number of fused-ring (bicyclic) bond motifs is 1. The van der Waals surface area contributed by atoms with Crippen LogP contribution in [0.4, 0.5) is 0 Å². The Kier molecular flexibility index (Phi) is 3.18. The molecule has 2 saturated carbocycles. The van der Waals surface area contributed by atoms with Gasteiger partial charge in [-0.05, 0) is 38.0 Å². The highest BCUT2D eigenvalue weighted by Gasteiger charge is 2.40. The fourth-order valence-electron chi connectivity index (χ4n) is 3.68. The van der Waals surface area contributed by atoms with Gasteiger partial charge in [-0.15, -0.1) is 0 Å². The molecular formula is C13H24N2O. The molecule has 92 valence electrons. The first-order valence-electron chi connectivity index (χ1n) is 7.00. The monoisotopic (exact) mass is 224 g/mol. The Morgan fingerprint density at radius 2 is 1.88 bits per heavy atom. The molecule has 2 aliphatic carbocycles. The molecule has 1 heterocycles. The van der Waals surface area contributed by atoms with Gasteiger partial charge in [-0.25, -0.2) is 0 Å². The Bertz CT molecular complexity index is 232. The maximum atomic E-state index is 6.19. The summed E-state index contributed by atoms with van der Waals surface area (Å²) in [5.41, 5.74) is 6.06. The highest BCUT2D eigenvalue weighted by molar-refractivity contribution is 4.92. The maximum absolute atomic E-state index is 6.19. The van der Waals surface area contributed by atoms with Crippen molar-refractivity contribution < 1.29 is 4.74 Å². The van der Waals surface area contributed by atoms with E-state index in [2.05, 4.69) is 5.32 Å². The third-order valence-corrected chi connectivity index (χ3v) is 4.59. The van der Waals surface area contributed by atoms with Crippen LogP contribution in [0.25, 0.3) is 0 Å². The van der Waals surface area contributed by atoms with E-state index in [1.165, 1.54) is 44.9 Å². The van der Waals surface area contributed by atoms with Gasteiger partial charge in [0.15, 0.2) is 0 Å². The molecule has 3 fully saturated rings. The topological polar surface area (TPSA) is 47.3 Å². The van der Waals surface area contributed by atoms with Gasteiger partial charge in [0.05, 0.1) is 6.10 Å². The van der Waals surface area contributed by atoms with Crippen LogP contribution in [0.3, 0.4) is 0 Å². The molecule has 0 spiro atoms. The van der Waals surface area contributed by atoms with E-state index < -0.39 is 0 Å². The average molecular weight is 224 g/mol. The molecule has 0 radical (unpaired) electrons. The summed E-state index contributed by atoms with van der Waals surface area (Å²) in [6, 6.07) is 1.05. The molecule has 3 heteroatoms. The fourth-order valence-corrected chi connectivity index (χ4v) is 3.68. The molecule has 0 amide bonds. The Morgan fingerprint density at radius 1 is 1.00 bits per heavy atom. The predicted molar refractivity (Wildman–Crippen MR) is 64.0 cm³/mol. The van der Waals surface area contributed by atoms with Crippen LogP contribution in [0.5, 0.6) is 0 Å². The van der Waals surface area contributed by atoms with E-state index in [1.807, 2.05) is 0 Å². The lowest BCUT2D eigenvalue weighted by Gasteiger charge is -2.30. The summed E-state index contributed by atoms with van der Waals surface area (Å²) in [5.74, 6) is 0.661. The number of rotatable bonds is 1. The SMILES string of the molecule is NC1CCCC(C2NC3CCCCC3O2)C1. The Labute approximate surface area is 98.1 Å². The van der Waals surface area contributed by atoms with Crippen LogP contribution in [-0.2, 0) is 4.74 Å². The second-order valence-electron chi connectivity index (χ2n) is 5.84. The van der Waals surface area contributed by atoms with Crippen molar-refractivity contribution in [2.24, 2.45) is 11.7 Å². The lowest BCUT2D eigenvalue weighted by molar-refractivity contribution is -0.0166. The summed E-state index contributed by atoms with van der Waals surface area (Å²) in [5, 5.41) is 3.71. The van der Waals surface area contributed by atoms with Gasteiger partial charge in [-0.1, -0.05) is 19.3 Å². The van der Waals surface area contributed by atoms with Gasteiger partial charge in [0.25, 0.3) is 0 Å². The van der Waals surface area contributed by atoms with Gasteiger partial charge in [0.1, 0.15) is 6.23 Å². The Morgan fingerprint density at radius 3 is 2.69 bits per heavy atom. The van der Waals surface area contributed by atoms with E-state index in [4.69, 9.17) is 10.5 Å². The number of nitrogens with one attached hydrogen (secondary N) is 1. The van der Waals surface area contributed by atoms with Crippen molar-refractivity contribution in [3.63, 3.8) is 0 Å². The lowest BCUT2D eigenvalue weighted by Crippen LogP contribution is -2.41. The minimum absolute atomic E-state index is 0.305. The van der Waals surface area contributed by atoms with E-state index in [1.54, 1.807) is 0 Å². The van der Waals surface area contributed by atoms with Crippen molar-refractivity contribution in [3.05, 3.63) is 0 Å². The van der Waals surface area contributed by atoms with Crippen molar-refractivity contribution in [2.45, 2.75) is 75.8 Å². The molecule has 3 rings (SSSR count). The molecule has 0 aromatic rings. The molecule has 1 saturated heterocycles. The summed E-state index contributed by atoms with van der Waals surface area (Å²) in [6.45, 7) is 0. The molecule has 3 nitrogen and oxygen atoms in total. The van der Waals surface area contributed by atoms with E-state index in [-0.39, 0.29) is 0 Å². The fraction of sp³-hybridized carbons (Fsp3) is 1.00. The van der Waals surface area contributed by atoms with Gasteiger partial charge in [-0.3, -0.25) is 5.32 Å². The summed E-state index contributed by atoms with van der Waals surface area (Å²) < 4.78 is 6.19. The molecule has 0 aromatic carbocycles. The van der Waals surface area contributed by atoms with Crippen LogP contribution in [0, 0.1) is 5.92 Å². The molecule has 0 aromatic heterocycles. The van der Waals surface area contributed by atoms with E-state index in [0.29, 0.717) is 30.3 Å². The predicted octanol–water partition coefficient (Wildman–Crippen LogP) is 1.76. The maximum Gasteiger partial charge on any atom is 0.111 e. The first kappa shape index (κ1) is 11.0. The molecule has 3 N–H and O–H groups in total. The normalized spacial score (nSPS) is 48.9. The van der Waals surface area contributed by atoms with Gasteiger partial charge in [0, 0.05) is 12.1 Å². The molecule has 0 bridgehead atoms. The van der Waals surface area contributed by atoms with E-state index in [0.717, 1.165) is 6.42 Å². The van der Waals surface area contributed by atoms with Gasteiger partial charge in [0.2, 0.25) is 0 Å². The van der Waals surface area contributed by atoms with Crippen LogP contribution in [0.1, 0.15) is 51.4 Å². The third-order valence-electron chi connectivity index (χ3n) is 4.59. The molecule has 5 atom stereocenters.